The minimum absolute atomic E-state index is 0.0360. The van der Waals surface area contributed by atoms with Crippen molar-refractivity contribution in [3.63, 3.8) is 0 Å². The highest BCUT2D eigenvalue weighted by Crippen LogP contribution is 2.40. The number of fused-ring (bicyclic) bond motifs is 2. The lowest BCUT2D eigenvalue weighted by Gasteiger charge is -2.49. The Hall–Kier alpha value is -2.26. The molecule has 2 amide bonds. The van der Waals surface area contributed by atoms with Gasteiger partial charge in [0.05, 0.1) is 16.8 Å². The molecule has 1 aromatic heterocycles. The third-order valence-electron chi connectivity index (χ3n) is 5.95. The molecule has 0 bridgehead atoms. The van der Waals surface area contributed by atoms with Crippen molar-refractivity contribution in [2.75, 3.05) is 32.0 Å². The van der Waals surface area contributed by atoms with Crippen molar-refractivity contribution in [3.05, 3.63) is 47.0 Å². The molecule has 1 N–H and O–H groups in total. The molecule has 0 aliphatic carbocycles. The first kappa shape index (κ1) is 20.0. The number of hydrogen-bond donors (Lipinski definition) is 1. The predicted octanol–water partition coefficient (Wildman–Crippen LogP) is 4.02. The van der Waals surface area contributed by atoms with E-state index in [2.05, 4.69) is 26.8 Å². The molecule has 2 aliphatic rings. The van der Waals surface area contributed by atoms with Crippen LogP contribution in [0, 0.1) is 0 Å². The minimum Gasteiger partial charge on any atom is -0.332 e. The molecule has 0 saturated carbocycles. The molecule has 0 atom stereocenters. The summed E-state index contributed by atoms with van der Waals surface area (Å²) in [6.45, 7) is 2.61. The van der Waals surface area contributed by atoms with Crippen LogP contribution in [-0.2, 0) is 18.3 Å². The van der Waals surface area contributed by atoms with Crippen molar-refractivity contribution in [1.82, 2.24) is 19.4 Å². The monoisotopic (exact) mass is 427 g/mol. The van der Waals surface area contributed by atoms with Crippen LogP contribution in [0.4, 0.5) is 23.7 Å². The number of imidazole rings is 1. The van der Waals surface area contributed by atoms with Gasteiger partial charge in [-0.3, -0.25) is 4.90 Å². The first-order chi connectivity index (χ1) is 13.7. The smallest absolute Gasteiger partial charge is 0.332 e. The number of urea groups is 1. The maximum atomic E-state index is 13.3. The predicted molar refractivity (Wildman–Crippen MR) is 103 cm³/mol. The maximum absolute atomic E-state index is 13.3. The molecule has 29 heavy (non-hydrogen) atoms. The fraction of sp³-hybridized carbons (Fsp3) is 0.474. The lowest BCUT2D eigenvalue weighted by molar-refractivity contribution is -0.136. The molecule has 0 radical (unpaired) electrons. The van der Waals surface area contributed by atoms with Crippen LogP contribution in [0.2, 0.25) is 5.02 Å². The Bertz CT molecular complexity index is 921. The van der Waals surface area contributed by atoms with E-state index in [1.165, 1.54) is 12.1 Å². The SMILES string of the molecule is CN1CCn2ccnc2C12CCN(C(=O)Nc1ccc(Cl)cc1C(F)(F)F)CC2. The number of nitrogens with zero attached hydrogens (tertiary/aromatic N) is 4. The van der Waals surface area contributed by atoms with Gasteiger partial charge in [0.25, 0.3) is 0 Å². The van der Waals surface area contributed by atoms with Crippen LogP contribution in [-0.4, -0.2) is 52.1 Å². The van der Waals surface area contributed by atoms with Gasteiger partial charge in [-0.05, 0) is 38.1 Å². The Balaban J connectivity index is 1.49. The number of carbonyl (C=O) groups is 1. The lowest BCUT2D eigenvalue weighted by Crippen LogP contribution is -2.57. The molecule has 1 spiro atoms. The Morgan fingerprint density at radius 1 is 1.21 bits per heavy atom. The fourth-order valence-corrected chi connectivity index (χ4v) is 4.45. The largest absolute Gasteiger partial charge is 0.418 e. The average Bonchev–Trinajstić information content (AvgIpc) is 3.16. The van der Waals surface area contributed by atoms with Crippen LogP contribution in [0.15, 0.2) is 30.6 Å². The third kappa shape index (κ3) is 3.57. The van der Waals surface area contributed by atoms with E-state index in [0.717, 1.165) is 25.0 Å². The summed E-state index contributed by atoms with van der Waals surface area (Å²) in [4.78, 5) is 21.0. The highest BCUT2D eigenvalue weighted by molar-refractivity contribution is 6.30. The van der Waals surface area contributed by atoms with Crippen LogP contribution < -0.4 is 5.32 Å². The quantitative estimate of drug-likeness (QED) is 0.747. The number of amides is 2. The summed E-state index contributed by atoms with van der Waals surface area (Å²) < 4.78 is 42.0. The first-order valence-electron chi connectivity index (χ1n) is 9.36. The van der Waals surface area contributed by atoms with Crippen LogP contribution >= 0.6 is 11.6 Å². The molecule has 10 heteroatoms. The van der Waals surface area contributed by atoms with E-state index < -0.39 is 17.8 Å². The van der Waals surface area contributed by atoms with Gasteiger partial charge in [0, 0.05) is 43.6 Å². The van der Waals surface area contributed by atoms with Crippen molar-refractivity contribution in [3.8, 4) is 0 Å². The molecule has 2 aliphatic heterocycles. The van der Waals surface area contributed by atoms with E-state index in [0.29, 0.717) is 25.9 Å². The molecule has 4 rings (SSSR count). The number of benzene rings is 1. The van der Waals surface area contributed by atoms with E-state index in [9.17, 15) is 18.0 Å². The number of anilines is 1. The van der Waals surface area contributed by atoms with E-state index in [1.807, 2.05) is 6.20 Å². The van der Waals surface area contributed by atoms with Gasteiger partial charge in [-0.25, -0.2) is 9.78 Å². The zero-order chi connectivity index (χ0) is 20.8. The van der Waals surface area contributed by atoms with Gasteiger partial charge in [0.1, 0.15) is 5.82 Å². The summed E-state index contributed by atoms with van der Waals surface area (Å²) >= 11 is 5.70. The Morgan fingerprint density at radius 3 is 2.62 bits per heavy atom. The van der Waals surface area contributed by atoms with Gasteiger partial charge in [-0.15, -0.1) is 0 Å². The number of alkyl halides is 3. The number of likely N-dealkylation sites (N-methyl/N-ethyl adjacent to an activating group) is 1. The zero-order valence-electron chi connectivity index (χ0n) is 15.8. The fourth-order valence-electron chi connectivity index (χ4n) is 4.28. The van der Waals surface area contributed by atoms with Crippen LogP contribution in [0.5, 0.6) is 0 Å². The number of carbonyl (C=O) groups excluding carboxylic acids is 1. The van der Waals surface area contributed by atoms with Gasteiger partial charge >= 0.3 is 12.2 Å². The topological polar surface area (TPSA) is 53.4 Å². The van der Waals surface area contributed by atoms with Gasteiger partial charge in [-0.1, -0.05) is 11.6 Å². The van der Waals surface area contributed by atoms with Crippen LogP contribution in [0.1, 0.15) is 24.2 Å². The summed E-state index contributed by atoms with van der Waals surface area (Å²) in [7, 11) is 2.05. The van der Waals surface area contributed by atoms with Crippen molar-refractivity contribution in [1.29, 1.82) is 0 Å². The van der Waals surface area contributed by atoms with Crippen molar-refractivity contribution in [2.24, 2.45) is 0 Å². The number of aromatic nitrogens is 2. The van der Waals surface area contributed by atoms with Gasteiger partial charge in [-0.2, -0.15) is 13.2 Å². The minimum atomic E-state index is -4.61. The van der Waals surface area contributed by atoms with Crippen molar-refractivity contribution < 1.29 is 18.0 Å². The molecule has 1 aromatic carbocycles. The second-order valence-corrected chi connectivity index (χ2v) is 7.94. The number of nitrogens with one attached hydrogen (secondary N) is 1. The summed E-state index contributed by atoms with van der Waals surface area (Å²) in [6.07, 6.45) is 0.472. The van der Waals surface area contributed by atoms with Crippen molar-refractivity contribution >= 4 is 23.3 Å². The molecule has 2 aromatic rings. The number of rotatable bonds is 1. The molecule has 6 nitrogen and oxygen atoms in total. The highest BCUT2D eigenvalue weighted by atomic mass is 35.5. The second-order valence-electron chi connectivity index (χ2n) is 7.50. The van der Waals surface area contributed by atoms with Crippen molar-refractivity contribution in [2.45, 2.75) is 31.1 Å². The summed E-state index contributed by atoms with van der Waals surface area (Å²) in [5.41, 5.74) is -1.51. The number of halogens is 4. The molecular weight excluding hydrogens is 407 g/mol. The molecule has 0 unspecified atom stereocenters. The summed E-state index contributed by atoms with van der Waals surface area (Å²) in [6, 6.07) is 2.78. The number of hydrogen-bond acceptors (Lipinski definition) is 3. The normalized spacial score (nSPS) is 19.3. The van der Waals surface area contributed by atoms with E-state index in [1.54, 1.807) is 11.1 Å². The Labute approximate surface area is 171 Å². The van der Waals surface area contributed by atoms with E-state index in [-0.39, 0.29) is 16.2 Å². The lowest BCUT2D eigenvalue weighted by atomic mass is 9.83. The molecule has 1 fully saturated rings. The summed E-state index contributed by atoms with van der Waals surface area (Å²) in [5, 5.41) is 2.37. The van der Waals surface area contributed by atoms with Gasteiger partial charge in [0.2, 0.25) is 0 Å². The summed E-state index contributed by atoms with van der Waals surface area (Å²) in [5.74, 6) is 0.989. The molecule has 1 saturated heterocycles. The Kier molecular flexibility index (Phi) is 4.98. The molecule has 3 heterocycles. The van der Waals surface area contributed by atoms with Gasteiger partial charge < -0.3 is 14.8 Å². The third-order valence-corrected chi connectivity index (χ3v) is 6.18. The second kappa shape index (κ2) is 7.21. The molecular formula is C19H21ClF3N5O. The first-order valence-corrected chi connectivity index (χ1v) is 9.74. The van der Waals surface area contributed by atoms with E-state index >= 15 is 0 Å². The Morgan fingerprint density at radius 2 is 1.93 bits per heavy atom. The average molecular weight is 428 g/mol. The zero-order valence-corrected chi connectivity index (χ0v) is 16.6. The maximum Gasteiger partial charge on any atom is 0.418 e. The van der Waals surface area contributed by atoms with E-state index in [4.69, 9.17) is 11.6 Å². The van der Waals surface area contributed by atoms with Gasteiger partial charge in [0.15, 0.2) is 0 Å². The number of piperidine rings is 1. The molecule has 156 valence electrons. The highest BCUT2D eigenvalue weighted by Gasteiger charge is 2.45. The van der Waals surface area contributed by atoms with Crippen LogP contribution in [0.3, 0.4) is 0 Å². The number of likely N-dealkylation sites (tertiary alicyclic amines) is 1. The van der Waals surface area contributed by atoms with Crippen LogP contribution in [0.25, 0.3) is 0 Å². The standard InChI is InChI=1S/C19H21ClF3N5O/c1-26-10-11-27-9-6-24-16(27)18(26)4-7-28(8-5-18)17(29)25-15-3-2-13(20)12-14(15)19(21,22)23/h2-3,6,9,12H,4-5,7-8,10-11H2,1H3,(H,25,29).